The third kappa shape index (κ3) is 5.93. The van der Waals surface area contributed by atoms with Crippen LogP contribution in [-0.4, -0.2) is 27.5 Å². The van der Waals surface area contributed by atoms with E-state index in [1.165, 1.54) is 4.31 Å². The summed E-state index contributed by atoms with van der Waals surface area (Å²) in [6.07, 6.45) is 0. The van der Waals surface area contributed by atoms with E-state index in [1.807, 2.05) is 32.0 Å². The maximum atomic E-state index is 14.0. The van der Waals surface area contributed by atoms with Crippen LogP contribution < -0.4 is 19.1 Å². The Morgan fingerprint density at radius 2 is 1.60 bits per heavy atom. The van der Waals surface area contributed by atoms with Crippen molar-refractivity contribution in [2.75, 3.05) is 17.5 Å². The molecule has 9 heteroatoms. The van der Waals surface area contributed by atoms with Gasteiger partial charge < -0.3 is 14.8 Å². The largest absolute Gasteiger partial charge is 0.486 e. The van der Waals surface area contributed by atoms with Crippen molar-refractivity contribution in [3.05, 3.63) is 118 Å². The molecule has 1 aliphatic heterocycles. The molecule has 1 N–H and O–H groups in total. The van der Waals surface area contributed by atoms with Gasteiger partial charge in [-0.15, -0.1) is 0 Å². The highest BCUT2D eigenvalue weighted by atomic mass is 35.5. The number of ether oxygens (including phenoxy) is 2. The van der Waals surface area contributed by atoms with E-state index in [0.717, 1.165) is 16.7 Å². The van der Waals surface area contributed by atoms with Crippen molar-refractivity contribution < 1.29 is 22.7 Å². The lowest BCUT2D eigenvalue weighted by atomic mass is 10.1. The molecule has 0 spiro atoms. The van der Waals surface area contributed by atoms with Crippen molar-refractivity contribution >= 4 is 33.2 Å². The van der Waals surface area contributed by atoms with Gasteiger partial charge in [-0.05, 0) is 73.5 Å². The van der Waals surface area contributed by atoms with Crippen molar-refractivity contribution in [1.29, 1.82) is 0 Å². The first kappa shape index (κ1) is 27.6. The fraction of sp³-hybridized carbons (Fsp3) is 0.194. The Hall–Kier alpha value is -4.01. The van der Waals surface area contributed by atoms with Crippen molar-refractivity contribution in [3.8, 4) is 11.5 Å². The minimum absolute atomic E-state index is 0.00931. The van der Waals surface area contributed by atoms with Crippen molar-refractivity contribution in [2.24, 2.45) is 0 Å². The summed E-state index contributed by atoms with van der Waals surface area (Å²) in [7, 11) is -4.04. The van der Waals surface area contributed by atoms with Gasteiger partial charge in [0, 0.05) is 5.02 Å². The maximum absolute atomic E-state index is 14.0. The van der Waals surface area contributed by atoms with Gasteiger partial charge in [0.15, 0.2) is 11.5 Å². The Morgan fingerprint density at radius 3 is 2.33 bits per heavy atom. The van der Waals surface area contributed by atoms with Gasteiger partial charge in [0.05, 0.1) is 28.7 Å². The van der Waals surface area contributed by atoms with Gasteiger partial charge in [-0.2, -0.15) is 0 Å². The summed E-state index contributed by atoms with van der Waals surface area (Å²) in [6.45, 7) is 4.72. The molecule has 5 rings (SSSR count). The van der Waals surface area contributed by atoms with Gasteiger partial charge in [-0.25, -0.2) is 8.42 Å². The van der Waals surface area contributed by atoms with Crippen LogP contribution in [0.25, 0.3) is 0 Å². The predicted molar refractivity (Wildman–Crippen MR) is 156 cm³/mol. The molecule has 1 amide bonds. The number of carbonyl (C=O) groups excluding carboxylic acids is 1. The number of halogens is 1. The average Bonchev–Trinajstić information content (AvgIpc) is 2.96. The first-order valence-electron chi connectivity index (χ1n) is 12.9. The normalized spacial score (nSPS) is 13.4. The molecule has 0 saturated carbocycles. The third-order valence-corrected chi connectivity index (χ3v) is 8.71. The van der Waals surface area contributed by atoms with Crippen LogP contribution in [0.4, 0.5) is 5.69 Å². The molecule has 0 radical (unpaired) electrons. The number of nitrogens with one attached hydrogen (secondary N) is 1. The molecule has 0 bridgehead atoms. The quantitative estimate of drug-likeness (QED) is 0.266. The Morgan fingerprint density at radius 1 is 0.925 bits per heavy atom. The number of sulfonamides is 1. The Labute approximate surface area is 239 Å². The molecule has 0 aromatic heterocycles. The molecule has 1 atom stereocenters. The van der Waals surface area contributed by atoms with Gasteiger partial charge >= 0.3 is 0 Å². The third-order valence-electron chi connectivity index (χ3n) is 6.68. The second-order valence-electron chi connectivity index (χ2n) is 9.57. The van der Waals surface area contributed by atoms with Gasteiger partial charge in [0.1, 0.15) is 13.2 Å². The van der Waals surface area contributed by atoms with Crippen LogP contribution in [-0.2, 0) is 16.6 Å². The first-order valence-corrected chi connectivity index (χ1v) is 14.7. The Kier molecular flexibility index (Phi) is 8.00. The highest BCUT2D eigenvalue weighted by Gasteiger charge is 2.29. The van der Waals surface area contributed by atoms with Gasteiger partial charge in [0.2, 0.25) is 0 Å². The second kappa shape index (κ2) is 11.6. The highest BCUT2D eigenvalue weighted by molar-refractivity contribution is 7.92. The lowest BCUT2D eigenvalue weighted by molar-refractivity contribution is 0.0940. The maximum Gasteiger partial charge on any atom is 0.264 e. The monoisotopic (exact) mass is 576 g/mol. The van der Waals surface area contributed by atoms with E-state index < -0.39 is 15.9 Å². The van der Waals surface area contributed by atoms with E-state index in [4.69, 9.17) is 21.1 Å². The Balaban J connectivity index is 1.49. The molecule has 206 valence electrons. The fourth-order valence-corrected chi connectivity index (χ4v) is 6.06. The first-order chi connectivity index (χ1) is 19.2. The second-order valence-corrected chi connectivity index (χ2v) is 11.9. The highest BCUT2D eigenvalue weighted by Crippen LogP contribution is 2.34. The van der Waals surface area contributed by atoms with Crippen LogP contribution in [0.1, 0.15) is 40.0 Å². The molecule has 1 aliphatic rings. The topological polar surface area (TPSA) is 84.9 Å². The molecular formula is C31H29ClN2O5S. The summed E-state index contributed by atoms with van der Waals surface area (Å²) in [5.74, 6) is 0.889. The standard InChI is InChI=1S/C31H29ClN2O5S/c1-21-7-14-26(15-8-21)40(36,37)34(20-23-9-12-25(32)13-10-23)28-6-4-3-5-27(28)31(35)33-22(2)24-11-16-29-30(19-24)39-18-17-38-29/h3-16,19,22H,17-18,20H2,1-2H3,(H,33,35)/t22-/m1/s1. The van der Waals surface area contributed by atoms with E-state index in [1.54, 1.807) is 72.8 Å². The summed E-state index contributed by atoms with van der Waals surface area (Å²) < 4.78 is 40.6. The molecule has 4 aromatic rings. The minimum Gasteiger partial charge on any atom is -0.486 e. The lowest BCUT2D eigenvalue weighted by Crippen LogP contribution is -2.34. The number of benzene rings is 4. The molecular weight excluding hydrogens is 548 g/mol. The van der Waals surface area contributed by atoms with E-state index in [2.05, 4.69) is 5.32 Å². The number of nitrogens with zero attached hydrogens (tertiary/aromatic N) is 1. The minimum atomic E-state index is -4.04. The van der Waals surface area contributed by atoms with E-state index in [9.17, 15) is 13.2 Å². The van der Waals surface area contributed by atoms with E-state index in [-0.39, 0.29) is 28.7 Å². The number of aryl methyl sites for hydroxylation is 1. The van der Waals surface area contributed by atoms with Crippen LogP contribution in [0.15, 0.2) is 95.9 Å². The number of para-hydroxylation sites is 1. The molecule has 7 nitrogen and oxygen atoms in total. The zero-order valence-corrected chi connectivity index (χ0v) is 23.7. The van der Waals surface area contributed by atoms with Crippen LogP contribution >= 0.6 is 11.6 Å². The van der Waals surface area contributed by atoms with Gasteiger partial charge in [-0.1, -0.05) is 59.6 Å². The smallest absolute Gasteiger partial charge is 0.264 e. The summed E-state index contributed by atoms with van der Waals surface area (Å²) in [5.41, 5.74) is 3.00. The molecule has 40 heavy (non-hydrogen) atoms. The zero-order chi connectivity index (χ0) is 28.3. The number of rotatable bonds is 8. The van der Waals surface area contributed by atoms with Crippen molar-refractivity contribution in [2.45, 2.75) is 31.3 Å². The van der Waals surface area contributed by atoms with Gasteiger partial charge in [0.25, 0.3) is 15.9 Å². The summed E-state index contributed by atoms with van der Waals surface area (Å²) in [6, 6.07) is 25.5. The van der Waals surface area contributed by atoms with E-state index in [0.29, 0.717) is 29.7 Å². The molecule has 0 saturated heterocycles. The number of fused-ring (bicyclic) bond motifs is 1. The van der Waals surface area contributed by atoms with Crippen LogP contribution in [0.3, 0.4) is 0 Å². The van der Waals surface area contributed by atoms with Crippen LogP contribution in [0.5, 0.6) is 11.5 Å². The number of amides is 1. The molecule has 1 heterocycles. The Bertz CT molecular complexity index is 1620. The molecule has 0 fully saturated rings. The molecule has 0 unspecified atom stereocenters. The van der Waals surface area contributed by atoms with E-state index >= 15 is 0 Å². The lowest BCUT2D eigenvalue weighted by Gasteiger charge is -2.27. The average molecular weight is 577 g/mol. The number of carbonyl (C=O) groups is 1. The number of hydrogen-bond donors (Lipinski definition) is 1. The number of hydrogen-bond acceptors (Lipinski definition) is 5. The van der Waals surface area contributed by atoms with Crippen molar-refractivity contribution in [3.63, 3.8) is 0 Å². The zero-order valence-electron chi connectivity index (χ0n) is 22.1. The summed E-state index contributed by atoms with van der Waals surface area (Å²) in [4.78, 5) is 13.8. The van der Waals surface area contributed by atoms with Crippen LogP contribution in [0.2, 0.25) is 5.02 Å². The SMILES string of the molecule is Cc1ccc(S(=O)(=O)N(Cc2ccc(Cl)cc2)c2ccccc2C(=O)N[C@H](C)c2ccc3c(c2)OCCO3)cc1. The summed E-state index contributed by atoms with van der Waals surface area (Å²) in [5, 5.41) is 3.56. The fourth-order valence-electron chi connectivity index (χ4n) is 4.46. The summed E-state index contributed by atoms with van der Waals surface area (Å²) >= 11 is 6.07. The number of anilines is 1. The van der Waals surface area contributed by atoms with Gasteiger partial charge in [-0.3, -0.25) is 9.10 Å². The van der Waals surface area contributed by atoms with Crippen molar-refractivity contribution in [1.82, 2.24) is 5.32 Å². The molecule has 4 aromatic carbocycles. The molecule has 0 aliphatic carbocycles. The van der Waals surface area contributed by atoms with Crippen LogP contribution in [0, 0.1) is 6.92 Å². The predicted octanol–water partition coefficient (Wildman–Crippen LogP) is 6.31.